The van der Waals surface area contributed by atoms with Crippen LogP contribution >= 0.6 is 11.8 Å². The second-order valence-electron chi connectivity index (χ2n) is 5.84. The van der Waals surface area contributed by atoms with Crippen LogP contribution in [-0.2, 0) is 12.8 Å². The zero-order valence-corrected chi connectivity index (χ0v) is 12.5. The number of carboxylic acid groups (broad SMARTS) is 1. The van der Waals surface area contributed by atoms with Gasteiger partial charge in [-0.25, -0.2) is 9.78 Å². The molecule has 20 heavy (non-hydrogen) atoms. The molecule has 0 unspecified atom stereocenters. The summed E-state index contributed by atoms with van der Waals surface area (Å²) in [6, 6.07) is 1.88. The van der Waals surface area contributed by atoms with Crippen LogP contribution in [0.25, 0.3) is 0 Å². The molecule has 3 rings (SSSR count). The molecule has 0 aromatic carbocycles. The summed E-state index contributed by atoms with van der Waals surface area (Å²) >= 11 is 1.70. The van der Waals surface area contributed by atoms with Crippen molar-refractivity contribution in [1.29, 1.82) is 0 Å². The number of thioether (sulfide) groups is 1. The lowest BCUT2D eigenvalue weighted by Gasteiger charge is -2.23. The summed E-state index contributed by atoms with van der Waals surface area (Å²) in [5.74, 6) is -0.829. The lowest BCUT2D eigenvalue weighted by molar-refractivity contribution is 0.0692. The van der Waals surface area contributed by atoms with Gasteiger partial charge in [0, 0.05) is 10.9 Å². The van der Waals surface area contributed by atoms with Gasteiger partial charge in [0.25, 0.3) is 0 Å². The molecule has 1 saturated carbocycles. The summed E-state index contributed by atoms with van der Waals surface area (Å²) in [6.45, 7) is 0. The Morgan fingerprint density at radius 1 is 1.15 bits per heavy atom. The van der Waals surface area contributed by atoms with Crippen LogP contribution in [0.2, 0.25) is 0 Å². The van der Waals surface area contributed by atoms with E-state index in [1.165, 1.54) is 38.5 Å². The molecule has 1 aromatic heterocycles. The Balaban J connectivity index is 1.88. The van der Waals surface area contributed by atoms with E-state index in [-0.39, 0.29) is 0 Å². The molecule has 0 spiro atoms. The van der Waals surface area contributed by atoms with Crippen molar-refractivity contribution in [3.8, 4) is 0 Å². The molecule has 2 aliphatic carbocycles. The Bertz CT molecular complexity index is 509. The molecule has 0 aliphatic heterocycles. The van der Waals surface area contributed by atoms with Crippen LogP contribution in [0, 0.1) is 0 Å². The summed E-state index contributed by atoms with van der Waals surface area (Å²) < 4.78 is 0. The first-order valence-corrected chi connectivity index (χ1v) is 8.55. The smallest absolute Gasteiger partial charge is 0.338 e. The van der Waals surface area contributed by atoms with E-state index >= 15 is 0 Å². The van der Waals surface area contributed by atoms with Crippen LogP contribution in [-0.4, -0.2) is 21.3 Å². The molecule has 1 N–H and O–H groups in total. The minimum Gasteiger partial charge on any atom is -0.478 e. The molecule has 2 aliphatic rings. The zero-order chi connectivity index (χ0) is 13.9. The molecule has 4 heteroatoms. The average Bonchev–Trinajstić information content (AvgIpc) is 2.47. The number of hydrogen-bond acceptors (Lipinski definition) is 3. The maximum absolute atomic E-state index is 11.5. The van der Waals surface area contributed by atoms with Gasteiger partial charge in [-0.05, 0) is 50.2 Å². The normalized spacial score (nSPS) is 19.6. The molecule has 1 fully saturated rings. The third-order valence-corrected chi connectivity index (χ3v) is 5.67. The second kappa shape index (κ2) is 6.17. The van der Waals surface area contributed by atoms with E-state index < -0.39 is 5.97 Å². The molecule has 0 radical (unpaired) electrons. The van der Waals surface area contributed by atoms with Gasteiger partial charge in [-0.2, -0.15) is 0 Å². The maximum Gasteiger partial charge on any atom is 0.338 e. The van der Waals surface area contributed by atoms with Gasteiger partial charge in [-0.1, -0.05) is 19.3 Å². The molecule has 1 aromatic rings. The second-order valence-corrected chi connectivity index (χ2v) is 7.13. The van der Waals surface area contributed by atoms with Gasteiger partial charge in [0.15, 0.2) is 0 Å². The van der Waals surface area contributed by atoms with Crippen molar-refractivity contribution >= 4 is 17.7 Å². The molecule has 0 atom stereocenters. The fraction of sp³-hybridized carbons (Fsp3) is 0.625. The lowest BCUT2D eigenvalue weighted by Crippen LogP contribution is -2.14. The number of hydrogen-bond donors (Lipinski definition) is 1. The summed E-state index contributed by atoms with van der Waals surface area (Å²) in [5.41, 5.74) is 2.71. The Kier molecular flexibility index (Phi) is 4.29. The fourth-order valence-corrected chi connectivity index (χ4v) is 4.52. The molecule has 108 valence electrons. The SMILES string of the molecule is O=C(O)c1cc2c(nc1SC1CCCCC1)CCCC2. The van der Waals surface area contributed by atoms with E-state index in [9.17, 15) is 9.90 Å². The minimum atomic E-state index is -0.829. The summed E-state index contributed by atoms with van der Waals surface area (Å²) in [5, 5.41) is 10.7. The Morgan fingerprint density at radius 2 is 1.90 bits per heavy atom. The van der Waals surface area contributed by atoms with Crippen molar-refractivity contribution in [2.45, 2.75) is 68.1 Å². The number of pyridine rings is 1. The van der Waals surface area contributed by atoms with Gasteiger partial charge in [-0.15, -0.1) is 11.8 Å². The molecule has 0 bridgehead atoms. The highest BCUT2D eigenvalue weighted by Crippen LogP contribution is 2.35. The van der Waals surface area contributed by atoms with Gasteiger partial charge in [0.1, 0.15) is 5.03 Å². The highest BCUT2D eigenvalue weighted by molar-refractivity contribution is 7.99. The number of carbonyl (C=O) groups is 1. The van der Waals surface area contributed by atoms with Crippen LogP contribution in [0.5, 0.6) is 0 Å². The van der Waals surface area contributed by atoms with E-state index in [0.29, 0.717) is 10.8 Å². The number of aryl methyl sites for hydroxylation is 2. The number of fused-ring (bicyclic) bond motifs is 1. The van der Waals surface area contributed by atoms with E-state index in [4.69, 9.17) is 4.98 Å². The molecule has 3 nitrogen and oxygen atoms in total. The summed E-state index contributed by atoms with van der Waals surface area (Å²) in [6.07, 6.45) is 10.6. The van der Waals surface area contributed by atoms with Crippen LogP contribution in [0.4, 0.5) is 0 Å². The van der Waals surface area contributed by atoms with Crippen molar-refractivity contribution in [3.05, 3.63) is 22.9 Å². The van der Waals surface area contributed by atoms with E-state index in [2.05, 4.69) is 0 Å². The Labute approximate surface area is 124 Å². The fourth-order valence-electron chi connectivity index (χ4n) is 3.20. The first-order chi connectivity index (χ1) is 9.74. The molecule has 0 amide bonds. The van der Waals surface area contributed by atoms with Gasteiger partial charge >= 0.3 is 5.97 Å². The molecule has 1 heterocycles. The summed E-state index contributed by atoms with van der Waals surface area (Å²) in [7, 11) is 0. The van der Waals surface area contributed by atoms with Crippen molar-refractivity contribution in [2.75, 3.05) is 0 Å². The monoisotopic (exact) mass is 291 g/mol. The first kappa shape index (κ1) is 13.9. The largest absolute Gasteiger partial charge is 0.478 e. The van der Waals surface area contributed by atoms with Gasteiger partial charge in [0.05, 0.1) is 5.56 Å². The number of aromatic nitrogens is 1. The van der Waals surface area contributed by atoms with Gasteiger partial charge in [0.2, 0.25) is 0 Å². The summed E-state index contributed by atoms with van der Waals surface area (Å²) in [4.78, 5) is 16.2. The third kappa shape index (κ3) is 3.00. The van der Waals surface area contributed by atoms with Crippen LogP contribution < -0.4 is 0 Å². The predicted molar refractivity (Wildman–Crippen MR) is 80.6 cm³/mol. The standard InChI is InChI=1S/C16H21NO2S/c18-16(19)13-10-11-6-4-5-9-14(11)17-15(13)20-12-7-2-1-3-8-12/h10,12H,1-9H2,(H,18,19). The third-order valence-electron chi connectivity index (χ3n) is 4.33. The first-order valence-electron chi connectivity index (χ1n) is 7.67. The van der Waals surface area contributed by atoms with E-state index in [0.717, 1.165) is 35.5 Å². The number of nitrogens with zero attached hydrogens (tertiary/aromatic N) is 1. The Morgan fingerprint density at radius 3 is 2.65 bits per heavy atom. The van der Waals surface area contributed by atoms with Crippen molar-refractivity contribution in [3.63, 3.8) is 0 Å². The number of rotatable bonds is 3. The van der Waals surface area contributed by atoms with Gasteiger partial charge in [-0.3, -0.25) is 0 Å². The van der Waals surface area contributed by atoms with E-state index in [1.54, 1.807) is 11.8 Å². The van der Waals surface area contributed by atoms with Crippen LogP contribution in [0.15, 0.2) is 11.1 Å². The number of carboxylic acids is 1. The van der Waals surface area contributed by atoms with Crippen molar-refractivity contribution in [1.82, 2.24) is 4.98 Å². The van der Waals surface area contributed by atoms with Crippen molar-refractivity contribution in [2.24, 2.45) is 0 Å². The van der Waals surface area contributed by atoms with E-state index in [1.807, 2.05) is 6.07 Å². The van der Waals surface area contributed by atoms with Crippen LogP contribution in [0.3, 0.4) is 0 Å². The predicted octanol–water partition coefficient (Wildman–Crippen LogP) is 4.08. The zero-order valence-electron chi connectivity index (χ0n) is 11.7. The number of aromatic carboxylic acids is 1. The topological polar surface area (TPSA) is 50.2 Å². The highest BCUT2D eigenvalue weighted by Gasteiger charge is 2.22. The van der Waals surface area contributed by atoms with Gasteiger partial charge < -0.3 is 5.11 Å². The quantitative estimate of drug-likeness (QED) is 0.911. The average molecular weight is 291 g/mol. The molecular formula is C16H21NO2S. The molecule has 0 saturated heterocycles. The van der Waals surface area contributed by atoms with Crippen molar-refractivity contribution < 1.29 is 9.90 Å². The highest BCUT2D eigenvalue weighted by atomic mass is 32.2. The van der Waals surface area contributed by atoms with Crippen LogP contribution in [0.1, 0.15) is 66.6 Å². The Hall–Kier alpha value is -1.03. The maximum atomic E-state index is 11.5. The molecular weight excluding hydrogens is 270 g/mol. The minimum absolute atomic E-state index is 0.418. The lowest BCUT2D eigenvalue weighted by atomic mass is 9.95.